The maximum atomic E-state index is 9.13. The molecule has 0 unspecified atom stereocenters. The van der Waals surface area contributed by atoms with Crippen LogP contribution in [0.1, 0.15) is 27.2 Å². The van der Waals surface area contributed by atoms with E-state index in [0.29, 0.717) is 17.9 Å². The second kappa shape index (κ2) is 3.10. The van der Waals surface area contributed by atoms with Gasteiger partial charge in [-0.05, 0) is 39.0 Å². The van der Waals surface area contributed by atoms with Gasteiger partial charge in [0.15, 0.2) is 0 Å². The molecule has 0 aliphatic heterocycles. The second-order valence-corrected chi connectivity index (χ2v) is 5.52. The molecule has 0 radical (unpaired) electrons. The Balaban J connectivity index is 2.13. The molecule has 2 aliphatic carbocycles. The molecule has 0 aromatic heterocycles. The number of rotatable bonds is 1. The summed E-state index contributed by atoms with van der Waals surface area (Å²) >= 11 is 0. The van der Waals surface area contributed by atoms with Gasteiger partial charge in [-0.2, -0.15) is 5.26 Å². The van der Waals surface area contributed by atoms with Crippen molar-refractivity contribution in [1.29, 1.82) is 5.26 Å². The van der Waals surface area contributed by atoms with Crippen LogP contribution in [0.5, 0.6) is 0 Å². The lowest BCUT2D eigenvalue weighted by atomic mass is 9.88. The third-order valence-corrected chi connectivity index (χ3v) is 3.21. The Hall–Kier alpha value is -0.810. The van der Waals surface area contributed by atoms with E-state index in [0.717, 1.165) is 0 Å². The lowest BCUT2D eigenvalue weighted by Crippen LogP contribution is -2.48. The molecule has 2 heteroatoms. The van der Waals surface area contributed by atoms with Crippen LogP contribution < -0.4 is 5.32 Å². The molecule has 0 saturated heterocycles. The van der Waals surface area contributed by atoms with E-state index in [1.54, 1.807) is 0 Å². The van der Waals surface area contributed by atoms with Gasteiger partial charge in [-0.15, -0.1) is 0 Å². The van der Waals surface area contributed by atoms with Gasteiger partial charge >= 0.3 is 0 Å². The van der Waals surface area contributed by atoms with Gasteiger partial charge in [0.2, 0.25) is 0 Å². The first-order chi connectivity index (χ1) is 6.51. The minimum atomic E-state index is 0.109. The zero-order valence-corrected chi connectivity index (χ0v) is 9.12. The molecule has 2 nitrogen and oxygen atoms in total. The van der Waals surface area contributed by atoms with E-state index in [9.17, 15) is 0 Å². The molecule has 1 fully saturated rings. The number of allylic oxidation sites excluding steroid dienone is 1. The van der Waals surface area contributed by atoms with Crippen molar-refractivity contribution in [2.24, 2.45) is 17.8 Å². The number of nitrogens with one attached hydrogen (secondary N) is 1. The average molecular weight is 190 g/mol. The van der Waals surface area contributed by atoms with Gasteiger partial charge in [-0.1, -0.05) is 12.2 Å². The normalized spacial score (nSPS) is 40.1. The molecule has 2 rings (SSSR count). The Bertz CT molecular complexity index is 292. The Labute approximate surface area is 86.0 Å². The minimum Gasteiger partial charge on any atom is -0.307 e. The van der Waals surface area contributed by atoms with Crippen LogP contribution in [0.15, 0.2) is 12.2 Å². The van der Waals surface area contributed by atoms with Crippen molar-refractivity contribution in [3.8, 4) is 6.07 Å². The van der Waals surface area contributed by atoms with E-state index in [4.69, 9.17) is 5.26 Å². The van der Waals surface area contributed by atoms with E-state index in [2.05, 4.69) is 44.3 Å². The summed E-state index contributed by atoms with van der Waals surface area (Å²) in [6.07, 6.45) is 5.67. The highest BCUT2D eigenvalue weighted by Gasteiger charge is 2.45. The Morgan fingerprint density at radius 1 is 1.29 bits per heavy atom. The maximum Gasteiger partial charge on any atom is 0.0685 e. The molecule has 4 atom stereocenters. The largest absolute Gasteiger partial charge is 0.307 e. The summed E-state index contributed by atoms with van der Waals surface area (Å²) in [5.41, 5.74) is 0.109. The van der Waals surface area contributed by atoms with Gasteiger partial charge < -0.3 is 5.32 Å². The van der Waals surface area contributed by atoms with Crippen LogP contribution in [-0.2, 0) is 0 Å². The summed E-state index contributed by atoms with van der Waals surface area (Å²) < 4.78 is 0. The predicted octanol–water partition coefficient (Wildman–Crippen LogP) is 2.09. The molecule has 1 saturated carbocycles. The van der Waals surface area contributed by atoms with E-state index >= 15 is 0 Å². The smallest absolute Gasteiger partial charge is 0.0685 e. The van der Waals surface area contributed by atoms with Crippen LogP contribution in [0.3, 0.4) is 0 Å². The van der Waals surface area contributed by atoms with Crippen LogP contribution in [-0.4, -0.2) is 11.6 Å². The number of nitrogens with zero attached hydrogens (tertiary/aromatic N) is 1. The van der Waals surface area contributed by atoms with Gasteiger partial charge in [-0.3, -0.25) is 0 Å². The topological polar surface area (TPSA) is 35.8 Å². The van der Waals surface area contributed by atoms with E-state index < -0.39 is 0 Å². The molecule has 0 aromatic carbocycles. The standard InChI is InChI=1S/C12H18N2/c1-12(2,3)14-11-9-5-4-8(6-9)10(11)7-13/h4-5,8-11,14H,6H2,1-3H3/t8-,9+,10+,11-/m1/s1. The van der Waals surface area contributed by atoms with Gasteiger partial charge in [0.25, 0.3) is 0 Å². The monoisotopic (exact) mass is 190 g/mol. The summed E-state index contributed by atoms with van der Waals surface area (Å²) in [5.74, 6) is 1.28. The van der Waals surface area contributed by atoms with Crippen molar-refractivity contribution in [1.82, 2.24) is 5.32 Å². The lowest BCUT2D eigenvalue weighted by Gasteiger charge is -2.32. The lowest BCUT2D eigenvalue weighted by molar-refractivity contribution is 0.298. The van der Waals surface area contributed by atoms with Gasteiger partial charge in [0.1, 0.15) is 0 Å². The number of nitriles is 1. The van der Waals surface area contributed by atoms with Gasteiger partial charge in [0.05, 0.1) is 12.0 Å². The molecule has 76 valence electrons. The van der Waals surface area contributed by atoms with Crippen LogP contribution in [0.25, 0.3) is 0 Å². The van der Waals surface area contributed by atoms with Crippen molar-refractivity contribution in [3.63, 3.8) is 0 Å². The fraction of sp³-hybridized carbons (Fsp3) is 0.750. The zero-order chi connectivity index (χ0) is 10.3. The Morgan fingerprint density at radius 3 is 2.50 bits per heavy atom. The fourth-order valence-electron chi connectivity index (χ4n) is 2.69. The third kappa shape index (κ3) is 1.57. The molecular weight excluding hydrogens is 172 g/mol. The number of hydrogen-bond donors (Lipinski definition) is 1. The molecule has 0 amide bonds. The highest BCUT2D eigenvalue weighted by Crippen LogP contribution is 2.43. The predicted molar refractivity (Wildman–Crippen MR) is 56.5 cm³/mol. The summed E-state index contributed by atoms with van der Waals surface area (Å²) in [6.45, 7) is 6.49. The molecule has 2 aliphatic rings. The molecule has 2 bridgehead atoms. The van der Waals surface area contributed by atoms with Crippen molar-refractivity contribution in [3.05, 3.63) is 12.2 Å². The van der Waals surface area contributed by atoms with E-state index in [1.165, 1.54) is 6.42 Å². The first-order valence-electron chi connectivity index (χ1n) is 5.37. The first kappa shape index (κ1) is 9.73. The number of fused-ring (bicyclic) bond motifs is 2. The van der Waals surface area contributed by atoms with Crippen molar-refractivity contribution < 1.29 is 0 Å². The van der Waals surface area contributed by atoms with Crippen LogP contribution >= 0.6 is 0 Å². The van der Waals surface area contributed by atoms with Gasteiger partial charge in [0, 0.05) is 11.6 Å². The quantitative estimate of drug-likeness (QED) is 0.643. The molecule has 0 heterocycles. The highest BCUT2D eigenvalue weighted by atomic mass is 15.0. The molecule has 1 N–H and O–H groups in total. The zero-order valence-electron chi connectivity index (χ0n) is 9.12. The highest BCUT2D eigenvalue weighted by molar-refractivity contribution is 5.21. The average Bonchev–Trinajstić information content (AvgIpc) is 2.60. The van der Waals surface area contributed by atoms with Crippen LogP contribution in [0.4, 0.5) is 0 Å². The summed E-state index contributed by atoms with van der Waals surface area (Å²) in [6, 6.07) is 2.82. The van der Waals surface area contributed by atoms with Crippen molar-refractivity contribution >= 4 is 0 Å². The van der Waals surface area contributed by atoms with Crippen molar-refractivity contribution in [2.75, 3.05) is 0 Å². The van der Waals surface area contributed by atoms with E-state index in [-0.39, 0.29) is 11.5 Å². The minimum absolute atomic E-state index is 0.109. The summed E-state index contributed by atoms with van der Waals surface area (Å²) in [5, 5.41) is 12.7. The maximum absolute atomic E-state index is 9.13. The SMILES string of the molecule is CC(C)(C)N[C@H]1[C@@H](C#N)[C@@H]2C=C[C@H]1C2. The molecule has 0 spiro atoms. The fourth-order valence-corrected chi connectivity index (χ4v) is 2.69. The van der Waals surface area contributed by atoms with Crippen LogP contribution in [0.2, 0.25) is 0 Å². The van der Waals surface area contributed by atoms with Gasteiger partial charge in [-0.25, -0.2) is 0 Å². The Morgan fingerprint density at radius 2 is 1.93 bits per heavy atom. The second-order valence-electron chi connectivity index (χ2n) is 5.52. The molecule has 14 heavy (non-hydrogen) atoms. The third-order valence-electron chi connectivity index (χ3n) is 3.21. The number of hydrogen-bond acceptors (Lipinski definition) is 2. The van der Waals surface area contributed by atoms with Crippen molar-refractivity contribution in [2.45, 2.75) is 38.8 Å². The van der Waals surface area contributed by atoms with E-state index in [1.807, 2.05) is 0 Å². The Kier molecular flexibility index (Phi) is 2.16. The first-order valence-corrected chi connectivity index (χ1v) is 5.37. The molecular formula is C12H18N2. The summed E-state index contributed by atoms with van der Waals surface area (Å²) in [7, 11) is 0. The summed E-state index contributed by atoms with van der Waals surface area (Å²) in [4.78, 5) is 0. The van der Waals surface area contributed by atoms with Crippen LogP contribution in [0, 0.1) is 29.1 Å². The molecule has 0 aromatic rings.